The van der Waals surface area contributed by atoms with Crippen LogP contribution in [0.1, 0.15) is 5.69 Å². The third-order valence-electron chi connectivity index (χ3n) is 3.20. The molecule has 0 amide bonds. The molecule has 2 N–H and O–H groups in total. The van der Waals surface area contributed by atoms with Crippen LogP contribution in [0, 0.1) is 0 Å². The van der Waals surface area contributed by atoms with Crippen LogP contribution >= 0.6 is 51.7 Å². The van der Waals surface area contributed by atoms with E-state index in [0.29, 0.717) is 12.5 Å². The van der Waals surface area contributed by atoms with Gasteiger partial charge in [-0.2, -0.15) is 11.8 Å². The van der Waals surface area contributed by atoms with Crippen LogP contribution in [0.4, 0.5) is 0 Å². The molecule has 114 valence electrons. The molecule has 1 fully saturated rings. The lowest BCUT2D eigenvalue weighted by atomic mass is 10.5. The average Bonchev–Trinajstić information content (AvgIpc) is 2.87. The van der Waals surface area contributed by atoms with Crippen molar-refractivity contribution in [3.63, 3.8) is 0 Å². The molecule has 0 radical (unpaired) electrons. The third-order valence-corrected chi connectivity index (χ3v) is 4.61. The van der Waals surface area contributed by atoms with E-state index >= 15 is 0 Å². The van der Waals surface area contributed by atoms with Gasteiger partial charge in [-0.25, -0.2) is 9.98 Å². The summed E-state index contributed by atoms with van der Waals surface area (Å²) in [6.07, 6.45) is 3.98. The van der Waals surface area contributed by atoms with E-state index in [0.717, 1.165) is 40.4 Å². The molecule has 0 unspecified atom stereocenters. The smallest absolute Gasteiger partial charge is 0.191 e. The summed E-state index contributed by atoms with van der Waals surface area (Å²) in [6, 6.07) is 3.96. The Morgan fingerprint density at radius 3 is 2.86 bits per heavy atom. The summed E-state index contributed by atoms with van der Waals surface area (Å²) >= 11 is 5.41. The maximum Gasteiger partial charge on any atom is 0.191 e. The van der Waals surface area contributed by atoms with Crippen LogP contribution in [0.15, 0.2) is 34.0 Å². The van der Waals surface area contributed by atoms with Crippen molar-refractivity contribution >= 4 is 63.3 Å². The summed E-state index contributed by atoms with van der Waals surface area (Å²) in [5.41, 5.74) is 7.89. The first kappa shape index (κ1) is 16.9. The van der Waals surface area contributed by atoms with Crippen LogP contribution in [0.5, 0.6) is 0 Å². The lowest BCUT2D eigenvalue weighted by Gasteiger charge is -2.27. The van der Waals surface area contributed by atoms with Gasteiger partial charge in [0.05, 0.1) is 12.2 Å². The number of halogens is 2. The number of nitrogens with two attached hydrogens (primary N) is 1. The minimum atomic E-state index is 0. The summed E-state index contributed by atoms with van der Waals surface area (Å²) < 4.78 is 3.02. The quantitative estimate of drug-likeness (QED) is 0.407. The van der Waals surface area contributed by atoms with E-state index in [-0.39, 0.29) is 24.0 Å². The van der Waals surface area contributed by atoms with Gasteiger partial charge < -0.3 is 15.0 Å². The molecule has 1 aliphatic rings. The van der Waals surface area contributed by atoms with E-state index in [9.17, 15) is 0 Å². The fourth-order valence-electron chi connectivity index (χ4n) is 2.15. The number of nitrogens with zero attached hydrogens (tertiary/aromatic N) is 4. The lowest BCUT2D eigenvalue weighted by Crippen LogP contribution is -2.42. The largest absolute Gasteiger partial charge is 0.370 e. The molecule has 0 spiro atoms. The standard InChI is InChI=1S/C13H16BrN5S.HI/c14-10-1-2-12-17-11(9-19(12)8-10)7-16-13(15)18-3-5-20-6-4-18;/h1-2,8-9H,3-7H2,(H2,15,16);1H. The highest BCUT2D eigenvalue weighted by Crippen LogP contribution is 2.13. The Balaban J connectivity index is 0.00000161. The van der Waals surface area contributed by atoms with Gasteiger partial charge >= 0.3 is 0 Å². The molecule has 2 aromatic heterocycles. The van der Waals surface area contributed by atoms with Crippen LogP contribution in [0.25, 0.3) is 5.65 Å². The maximum absolute atomic E-state index is 6.04. The van der Waals surface area contributed by atoms with Crippen molar-refractivity contribution in [2.45, 2.75) is 6.54 Å². The number of aromatic nitrogens is 2. The number of hydrogen-bond acceptors (Lipinski definition) is 3. The second-order valence-electron chi connectivity index (χ2n) is 4.62. The second-order valence-corrected chi connectivity index (χ2v) is 6.76. The van der Waals surface area contributed by atoms with Crippen molar-refractivity contribution in [2.24, 2.45) is 10.7 Å². The first-order chi connectivity index (χ1) is 9.72. The fraction of sp³-hybridized carbons (Fsp3) is 0.385. The van der Waals surface area contributed by atoms with Crippen LogP contribution in [-0.2, 0) is 6.54 Å². The predicted molar refractivity (Wildman–Crippen MR) is 103 cm³/mol. The van der Waals surface area contributed by atoms with Crippen LogP contribution in [0.2, 0.25) is 0 Å². The molecule has 1 saturated heterocycles. The topological polar surface area (TPSA) is 58.9 Å². The van der Waals surface area contributed by atoms with E-state index in [1.807, 2.05) is 40.7 Å². The number of thioether (sulfide) groups is 1. The monoisotopic (exact) mass is 481 g/mol. The molecule has 0 atom stereocenters. The molecule has 0 saturated carbocycles. The van der Waals surface area contributed by atoms with Crippen LogP contribution < -0.4 is 5.73 Å². The second kappa shape index (κ2) is 7.68. The molecule has 3 rings (SSSR count). The van der Waals surface area contributed by atoms with Crippen molar-refractivity contribution in [1.29, 1.82) is 0 Å². The molecule has 0 aromatic carbocycles. The SMILES string of the molecule is I.NC(=NCc1cn2cc(Br)ccc2n1)N1CCSCC1. The molecule has 21 heavy (non-hydrogen) atoms. The fourth-order valence-corrected chi connectivity index (χ4v) is 3.40. The van der Waals surface area contributed by atoms with Gasteiger partial charge in [-0.05, 0) is 28.1 Å². The summed E-state index contributed by atoms with van der Waals surface area (Å²) in [6.45, 7) is 2.49. The van der Waals surface area contributed by atoms with Crippen molar-refractivity contribution < 1.29 is 0 Å². The minimum absolute atomic E-state index is 0. The van der Waals surface area contributed by atoms with Crippen LogP contribution in [0.3, 0.4) is 0 Å². The Labute approximate surface area is 153 Å². The van der Waals surface area contributed by atoms with Crippen molar-refractivity contribution in [3.05, 3.63) is 34.7 Å². The van der Waals surface area contributed by atoms with Gasteiger partial charge in [0.25, 0.3) is 0 Å². The summed E-state index contributed by atoms with van der Waals surface area (Å²) in [5, 5.41) is 0. The van der Waals surface area contributed by atoms with E-state index < -0.39 is 0 Å². The zero-order valence-electron chi connectivity index (χ0n) is 11.4. The predicted octanol–water partition coefficient (Wildman–Crippen LogP) is 2.58. The first-order valence-corrected chi connectivity index (χ1v) is 8.43. The minimum Gasteiger partial charge on any atom is -0.370 e. The zero-order valence-corrected chi connectivity index (χ0v) is 16.1. The van der Waals surface area contributed by atoms with Crippen LogP contribution in [-0.4, -0.2) is 44.8 Å². The number of imidazole rings is 1. The van der Waals surface area contributed by atoms with Gasteiger partial charge in [0.2, 0.25) is 0 Å². The number of aliphatic imine (C=N–C) groups is 1. The van der Waals surface area contributed by atoms with E-state index in [1.165, 1.54) is 0 Å². The van der Waals surface area contributed by atoms with E-state index in [4.69, 9.17) is 5.73 Å². The van der Waals surface area contributed by atoms with Gasteiger partial charge in [0.1, 0.15) is 5.65 Å². The molecule has 3 heterocycles. The Hall–Kier alpha value is -0.480. The highest BCUT2D eigenvalue weighted by atomic mass is 127. The Kier molecular flexibility index (Phi) is 6.18. The molecule has 1 aliphatic heterocycles. The third kappa shape index (κ3) is 4.26. The highest BCUT2D eigenvalue weighted by Gasteiger charge is 2.12. The van der Waals surface area contributed by atoms with Crippen molar-refractivity contribution in [3.8, 4) is 0 Å². The molecular weight excluding hydrogens is 465 g/mol. The molecule has 2 aromatic rings. The van der Waals surface area contributed by atoms with Gasteiger partial charge in [-0.3, -0.25) is 0 Å². The number of guanidine groups is 1. The zero-order chi connectivity index (χ0) is 13.9. The van der Waals surface area contributed by atoms with E-state index in [1.54, 1.807) is 0 Å². The Morgan fingerprint density at radius 1 is 1.33 bits per heavy atom. The Bertz CT molecular complexity index is 639. The molecule has 5 nitrogen and oxygen atoms in total. The molecule has 0 aliphatic carbocycles. The number of hydrogen-bond donors (Lipinski definition) is 1. The molecule has 0 bridgehead atoms. The molecule has 8 heteroatoms. The molecular formula is C13H17BrIN5S. The number of fused-ring (bicyclic) bond motifs is 1. The summed E-state index contributed by atoms with van der Waals surface area (Å²) in [5.74, 6) is 2.88. The van der Waals surface area contributed by atoms with Gasteiger partial charge in [-0.1, -0.05) is 0 Å². The highest BCUT2D eigenvalue weighted by molar-refractivity contribution is 14.0. The summed E-state index contributed by atoms with van der Waals surface area (Å²) in [7, 11) is 0. The van der Waals surface area contributed by atoms with Gasteiger partial charge in [0, 0.05) is 41.5 Å². The number of pyridine rings is 1. The normalized spacial score (nSPS) is 16.0. The van der Waals surface area contributed by atoms with Gasteiger partial charge in [-0.15, -0.1) is 24.0 Å². The summed E-state index contributed by atoms with van der Waals surface area (Å²) in [4.78, 5) is 11.1. The average molecular weight is 482 g/mol. The maximum atomic E-state index is 6.04. The van der Waals surface area contributed by atoms with Crippen molar-refractivity contribution in [1.82, 2.24) is 14.3 Å². The number of rotatable bonds is 2. The van der Waals surface area contributed by atoms with E-state index in [2.05, 4.69) is 30.8 Å². The van der Waals surface area contributed by atoms with Gasteiger partial charge in [0.15, 0.2) is 5.96 Å². The van der Waals surface area contributed by atoms with Crippen molar-refractivity contribution in [2.75, 3.05) is 24.6 Å². The lowest BCUT2D eigenvalue weighted by molar-refractivity contribution is 0.455. The first-order valence-electron chi connectivity index (χ1n) is 6.48. The Morgan fingerprint density at radius 2 is 2.10 bits per heavy atom.